The van der Waals surface area contributed by atoms with Gasteiger partial charge in [-0.2, -0.15) is 0 Å². The summed E-state index contributed by atoms with van der Waals surface area (Å²) >= 11 is 8.95. The number of hydrogen-bond acceptors (Lipinski definition) is 2. The molecule has 1 amide bonds. The fraction of sp³-hybridized carbons (Fsp3) is 0.273. The summed E-state index contributed by atoms with van der Waals surface area (Å²) in [6.45, 7) is 0.476. The minimum absolute atomic E-state index is 0.439. The van der Waals surface area contributed by atoms with Gasteiger partial charge in [0, 0.05) is 16.9 Å². The van der Waals surface area contributed by atoms with Crippen LogP contribution in [-0.2, 0) is 4.79 Å². The van der Waals surface area contributed by atoms with E-state index < -0.39 is 11.7 Å². The van der Waals surface area contributed by atoms with Crippen LogP contribution < -0.4 is 4.90 Å². The first-order valence-electron chi connectivity index (χ1n) is 4.87. The number of hydrogen-bond donors (Lipinski definition) is 0. The van der Waals surface area contributed by atoms with Crippen molar-refractivity contribution >= 4 is 44.9 Å². The molecule has 3 nitrogen and oxygen atoms in total. The number of nitrogens with zero attached hydrogens (tertiary/aromatic N) is 1. The standard InChI is InChI=1S/C11H9BrClNO2/c12-8-4-1-3-7-9(8)14(6-2-5-13)11(16)10(7)15/h1,3-4H,2,5-6H2. The molecule has 16 heavy (non-hydrogen) atoms. The predicted octanol–water partition coefficient (Wildman–Crippen LogP) is 2.61. The van der Waals surface area contributed by atoms with Gasteiger partial charge in [0.2, 0.25) is 0 Å². The molecule has 0 aromatic heterocycles. The summed E-state index contributed by atoms with van der Waals surface area (Å²) in [5, 5.41) is 0. The molecule has 0 saturated carbocycles. The van der Waals surface area contributed by atoms with Crippen molar-refractivity contribution in [1.82, 2.24) is 0 Å². The molecule has 1 aliphatic rings. The van der Waals surface area contributed by atoms with Crippen molar-refractivity contribution in [3.63, 3.8) is 0 Å². The molecule has 1 aliphatic heterocycles. The second kappa shape index (κ2) is 4.55. The Labute approximate surface area is 107 Å². The molecule has 84 valence electrons. The van der Waals surface area contributed by atoms with Gasteiger partial charge in [-0.1, -0.05) is 6.07 Å². The third-order valence-electron chi connectivity index (χ3n) is 2.46. The SMILES string of the molecule is O=C1C(=O)N(CCCCl)c2c(Br)cccc21. The molecule has 5 heteroatoms. The zero-order chi connectivity index (χ0) is 11.7. The number of alkyl halides is 1. The monoisotopic (exact) mass is 301 g/mol. The molecule has 0 radical (unpaired) electrons. The van der Waals surface area contributed by atoms with Gasteiger partial charge in [-0.25, -0.2) is 0 Å². The Balaban J connectivity index is 2.43. The van der Waals surface area contributed by atoms with Gasteiger partial charge in [0.15, 0.2) is 0 Å². The Morgan fingerprint density at radius 3 is 2.75 bits per heavy atom. The molecular weight excluding hydrogens is 293 g/mol. The van der Waals surface area contributed by atoms with Gasteiger partial charge in [0.1, 0.15) is 0 Å². The largest absolute Gasteiger partial charge is 0.304 e. The Morgan fingerprint density at radius 2 is 2.06 bits per heavy atom. The highest BCUT2D eigenvalue weighted by Gasteiger charge is 2.36. The van der Waals surface area contributed by atoms with Crippen molar-refractivity contribution in [3.8, 4) is 0 Å². The van der Waals surface area contributed by atoms with Gasteiger partial charge in [-0.3, -0.25) is 9.59 Å². The molecule has 1 aromatic rings. The van der Waals surface area contributed by atoms with Gasteiger partial charge in [0.25, 0.3) is 11.7 Å². The van der Waals surface area contributed by atoms with Crippen molar-refractivity contribution in [2.24, 2.45) is 0 Å². The highest BCUT2D eigenvalue weighted by Crippen LogP contribution is 2.35. The first-order valence-corrected chi connectivity index (χ1v) is 6.20. The molecule has 0 unspecified atom stereocenters. The summed E-state index contributed by atoms with van der Waals surface area (Å²) in [4.78, 5) is 24.9. The van der Waals surface area contributed by atoms with Crippen molar-refractivity contribution in [1.29, 1.82) is 0 Å². The van der Waals surface area contributed by atoms with Crippen molar-refractivity contribution < 1.29 is 9.59 Å². The minimum atomic E-state index is -0.466. The normalized spacial score (nSPS) is 14.5. The number of benzene rings is 1. The maximum atomic E-state index is 11.7. The molecule has 0 N–H and O–H groups in total. The van der Waals surface area contributed by atoms with Gasteiger partial charge < -0.3 is 4.90 Å². The fourth-order valence-corrected chi connectivity index (χ4v) is 2.44. The van der Waals surface area contributed by atoms with Crippen LogP contribution in [-0.4, -0.2) is 24.1 Å². The van der Waals surface area contributed by atoms with E-state index in [2.05, 4.69) is 15.9 Å². The predicted molar refractivity (Wildman–Crippen MR) is 66.2 cm³/mol. The molecule has 0 saturated heterocycles. The number of amides is 1. The van der Waals surface area contributed by atoms with Gasteiger partial charge in [-0.15, -0.1) is 11.6 Å². The number of carbonyl (C=O) groups is 2. The van der Waals surface area contributed by atoms with Gasteiger partial charge >= 0.3 is 0 Å². The molecule has 2 rings (SSSR count). The van der Waals surface area contributed by atoms with Crippen LogP contribution in [0.2, 0.25) is 0 Å². The average Bonchev–Trinajstić information content (AvgIpc) is 2.52. The van der Waals surface area contributed by atoms with Crippen LogP contribution in [0, 0.1) is 0 Å². The highest BCUT2D eigenvalue weighted by molar-refractivity contribution is 9.10. The van der Waals surface area contributed by atoms with E-state index in [1.54, 1.807) is 12.1 Å². The van der Waals surface area contributed by atoms with E-state index in [1.165, 1.54) is 4.90 Å². The van der Waals surface area contributed by atoms with Crippen molar-refractivity contribution in [2.75, 3.05) is 17.3 Å². The molecule has 1 aromatic carbocycles. The number of fused-ring (bicyclic) bond motifs is 1. The summed E-state index contributed by atoms with van der Waals surface area (Å²) < 4.78 is 0.763. The van der Waals surface area contributed by atoms with E-state index in [4.69, 9.17) is 11.6 Å². The Kier molecular flexibility index (Phi) is 3.30. The van der Waals surface area contributed by atoms with Crippen LogP contribution in [0.3, 0.4) is 0 Å². The number of ketones is 1. The van der Waals surface area contributed by atoms with E-state index in [9.17, 15) is 9.59 Å². The third-order valence-corrected chi connectivity index (χ3v) is 3.36. The molecule has 0 bridgehead atoms. The lowest BCUT2D eigenvalue weighted by Gasteiger charge is -2.16. The number of para-hydroxylation sites is 1. The van der Waals surface area contributed by atoms with Crippen LogP contribution in [0.1, 0.15) is 16.8 Å². The number of rotatable bonds is 3. The quantitative estimate of drug-likeness (QED) is 0.636. The number of Topliss-reactive ketones (excluding diaryl/α,β-unsaturated/α-hetero) is 1. The van der Waals surface area contributed by atoms with Gasteiger partial charge in [-0.05, 0) is 34.5 Å². The Morgan fingerprint density at radius 1 is 1.31 bits per heavy atom. The van der Waals surface area contributed by atoms with Crippen LogP contribution in [0.15, 0.2) is 22.7 Å². The Hall–Kier alpha value is -0.870. The molecule has 0 atom stereocenters. The van der Waals surface area contributed by atoms with Crippen molar-refractivity contribution in [3.05, 3.63) is 28.2 Å². The fourth-order valence-electron chi connectivity index (χ4n) is 1.74. The summed E-state index contributed by atoms with van der Waals surface area (Å²) in [6.07, 6.45) is 0.668. The van der Waals surface area contributed by atoms with E-state index in [1.807, 2.05) is 6.07 Å². The van der Waals surface area contributed by atoms with Gasteiger partial charge in [0.05, 0.1) is 11.3 Å². The molecule has 0 fully saturated rings. The lowest BCUT2D eigenvalue weighted by molar-refractivity contribution is -0.114. The highest BCUT2D eigenvalue weighted by atomic mass is 79.9. The average molecular weight is 303 g/mol. The summed E-state index contributed by atoms with van der Waals surface area (Å²) in [5.74, 6) is -0.435. The topological polar surface area (TPSA) is 37.4 Å². The number of halogens is 2. The van der Waals surface area contributed by atoms with E-state index in [0.29, 0.717) is 30.1 Å². The zero-order valence-corrected chi connectivity index (χ0v) is 10.7. The molecule has 0 aliphatic carbocycles. The number of carbonyl (C=O) groups excluding carboxylic acids is 2. The first-order chi connectivity index (χ1) is 7.66. The van der Waals surface area contributed by atoms with Crippen LogP contribution in [0.5, 0.6) is 0 Å². The van der Waals surface area contributed by atoms with Crippen LogP contribution >= 0.6 is 27.5 Å². The van der Waals surface area contributed by atoms with E-state index in [-0.39, 0.29) is 0 Å². The molecule has 0 spiro atoms. The maximum Gasteiger partial charge on any atom is 0.299 e. The first kappa shape index (κ1) is 11.6. The smallest absolute Gasteiger partial charge is 0.299 e. The molecule has 1 heterocycles. The van der Waals surface area contributed by atoms with Crippen molar-refractivity contribution in [2.45, 2.75) is 6.42 Å². The van der Waals surface area contributed by atoms with Crippen LogP contribution in [0.25, 0.3) is 0 Å². The summed E-state index contributed by atoms with van der Waals surface area (Å²) in [5.41, 5.74) is 1.14. The Bertz CT molecular complexity index is 461. The summed E-state index contributed by atoms with van der Waals surface area (Å²) in [7, 11) is 0. The second-order valence-corrected chi connectivity index (χ2v) is 4.70. The lowest BCUT2D eigenvalue weighted by Crippen LogP contribution is -2.31. The zero-order valence-electron chi connectivity index (χ0n) is 8.37. The van der Waals surface area contributed by atoms with E-state index in [0.717, 1.165) is 4.47 Å². The third kappa shape index (κ3) is 1.76. The lowest BCUT2D eigenvalue weighted by atomic mass is 10.1. The second-order valence-electron chi connectivity index (χ2n) is 3.46. The van der Waals surface area contributed by atoms with Crippen LogP contribution in [0.4, 0.5) is 5.69 Å². The number of anilines is 1. The maximum absolute atomic E-state index is 11.7. The molecular formula is C11H9BrClNO2. The summed E-state index contributed by atoms with van der Waals surface area (Å²) in [6, 6.07) is 5.23. The van der Waals surface area contributed by atoms with E-state index >= 15 is 0 Å². The minimum Gasteiger partial charge on any atom is -0.304 e.